The fraction of sp³-hybridized carbons (Fsp3) is 0.600. The van der Waals surface area contributed by atoms with Crippen molar-refractivity contribution in [3.05, 3.63) is 17.6 Å². The van der Waals surface area contributed by atoms with Crippen LogP contribution in [-0.2, 0) is 6.54 Å². The molecule has 0 aromatic carbocycles. The van der Waals surface area contributed by atoms with Crippen molar-refractivity contribution in [3.63, 3.8) is 0 Å². The van der Waals surface area contributed by atoms with Gasteiger partial charge >= 0.3 is 0 Å². The van der Waals surface area contributed by atoms with Gasteiger partial charge in [0.05, 0.1) is 6.54 Å². The lowest BCUT2D eigenvalue weighted by molar-refractivity contribution is 0.536. The largest absolute Gasteiger partial charge is 0.251 e. The maximum absolute atomic E-state index is 9.92. The Hall–Kier alpha value is -1.26. The molecule has 1 heterocycles. The van der Waals surface area contributed by atoms with Crippen LogP contribution in [0.25, 0.3) is 0 Å². The molecule has 0 aliphatic carbocycles. The monoisotopic (exact) mass is 140 g/mol. The lowest BCUT2D eigenvalue weighted by Crippen LogP contribution is -2.09. The Bertz CT molecular complexity index is 195. The Morgan fingerprint density at radius 2 is 2.60 bits per heavy atom. The fourth-order valence-corrected chi connectivity index (χ4v) is 0.631. The summed E-state index contributed by atoms with van der Waals surface area (Å²) in [6.45, 7) is 2.23. The van der Waals surface area contributed by atoms with E-state index < -0.39 is 0 Å². The summed E-state index contributed by atoms with van der Waals surface area (Å²) < 4.78 is 1.58. The number of aromatic nitrogens is 3. The molecule has 0 spiro atoms. The van der Waals surface area contributed by atoms with Gasteiger partial charge in [-0.1, -0.05) is 5.18 Å². The summed E-state index contributed by atoms with van der Waals surface area (Å²) in [5.41, 5.74) is 0. The summed E-state index contributed by atoms with van der Waals surface area (Å²) in [6, 6.07) is -0.235. The Morgan fingerprint density at radius 1 is 1.80 bits per heavy atom. The zero-order chi connectivity index (χ0) is 7.40. The number of hydrogen-bond donors (Lipinski definition) is 0. The third-order valence-corrected chi connectivity index (χ3v) is 1.10. The molecule has 54 valence electrons. The van der Waals surface area contributed by atoms with Gasteiger partial charge in [0.25, 0.3) is 0 Å². The van der Waals surface area contributed by atoms with Crippen molar-refractivity contribution in [2.75, 3.05) is 0 Å². The second-order valence-electron chi connectivity index (χ2n) is 2.07. The van der Waals surface area contributed by atoms with E-state index >= 15 is 0 Å². The third-order valence-electron chi connectivity index (χ3n) is 1.10. The maximum atomic E-state index is 9.92. The summed E-state index contributed by atoms with van der Waals surface area (Å²) in [4.78, 5) is 13.6. The normalized spacial score (nSPS) is 12.9. The van der Waals surface area contributed by atoms with Gasteiger partial charge in [0.2, 0.25) is 0 Å². The van der Waals surface area contributed by atoms with E-state index in [0.717, 1.165) is 0 Å². The first-order chi connectivity index (χ1) is 4.83. The minimum atomic E-state index is -0.235. The quantitative estimate of drug-likeness (QED) is 0.572. The molecular weight excluding hydrogens is 132 g/mol. The first-order valence-corrected chi connectivity index (χ1v) is 2.98. The van der Waals surface area contributed by atoms with Crippen LogP contribution in [0.3, 0.4) is 0 Å². The molecule has 1 aromatic heterocycles. The molecule has 1 rings (SSSR count). The highest BCUT2D eigenvalue weighted by Crippen LogP contribution is 1.91. The molecule has 0 saturated carbocycles. The van der Waals surface area contributed by atoms with Crippen LogP contribution in [0.2, 0.25) is 0 Å². The number of rotatable bonds is 3. The Labute approximate surface area is 58.0 Å². The van der Waals surface area contributed by atoms with Gasteiger partial charge in [0, 0.05) is 0 Å². The number of nitroso groups, excluding NO2 is 1. The summed E-state index contributed by atoms with van der Waals surface area (Å²) >= 11 is 0. The highest BCUT2D eigenvalue weighted by molar-refractivity contribution is 4.62. The summed E-state index contributed by atoms with van der Waals surface area (Å²) in [6.07, 6.45) is 2.99. The van der Waals surface area contributed by atoms with E-state index in [9.17, 15) is 4.91 Å². The van der Waals surface area contributed by atoms with E-state index in [0.29, 0.717) is 6.54 Å². The van der Waals surface area contributed by atoms with Crippen LogP contribution in [0.1, 0.15) is 6.92 Å². The first kappa shape index (κ1) is 6.85. The van der Waals surface area contributed by atoms with Crippen LogP contribution >= 0.6 is 0 Å². The van der Waals surface area contributed by atoms with Gasteiger partial charge in [-0.05, 0) is 6.92 Å². The average Bonchev–Trinajstić information content (AvgIpc) is 2.40. The molecule has 0 N–H and O–H groups in total. The smallest absolute Gasteiger partial charge is 0.137 e. The molecule has 0 fully saturated rings. The first-order valence-electron chi connectivity index (χ1n) is 2.98. The van der Waals surface area contributed by atoms with Gasteiger partial charge in [-0.3, -0.25) is 4.68 Å². The molecule has 0 aliphatic heterocycles. The Morgan fingerprint density at radius 3 is 3.10 bits per heavy atom. The van der Waals surface area contributed by atoms with Crippen LogP contribution in [-0.4, -0.2) is 20.8 Å². The number of nitrogens with zero attached hydrogens (tertiary/aromatic N) is 4. The van der Waals surface area contributed by atoms with Crippen molar-refractivity contribution < 1.29 is 0 Å². The van der Waals surface area contributed by atoms with E-state index in [1.807, 2.05) is 0 Å². The minimum Gasteiger partial charge on any atom is -0.251 e. The average molecular weight is 140 g/mol. The zero-order valence-corrected chi connectivity index (χ0v) is 5.64. The van der Waals surface area contributed by atoms with Crippen molar-refractivity contribution >= 4 is 0 Å². The number of hydrogen-bond acceptors (Lipinski definition) is 4. The highest BCUT2D eigenvalue weighted by Gasteiger charge is 2.00. The molecule has 10 heavy (non-hydrogen) atoms. The maximum Gasteiger partial charge on any atom is 0.137 e. The molecule has 0 radical (unpaired) electrons. The highest BCUT2D eigenvalue weighted by atomic mass is 16.3. The van der Waals surface area contributed by atoms with Gasteiger partial charge in [-0.25, -0.2) is 4.98 Å². The van der Waals surface area contributed by atoms with Crippen molar-refractivity contribution in [2.45, 2.75) is 19.5 Å². The lowest BCUT2D eigenvalue weighted by Gasteiger charge is -1.99. The van der Waals surface area contributed by atoms with Gasteiger partial charge < -0.3 is 0 Å². The fourth-order valence-electron chi connectivity index (χ4n) is 0.631. The molecule has 1 aromatic rings. The zero-order valence-electron chi connectivity index (χ0n) is 5.64. The summed E-state index contributed by atoms with van der Waals surface area (Å²) in [5.74, 6) is 0. The van der Waals surface area contributed by atoms with Gasteiger partial charge in [0.1, 0.15) is 18.7 Å². The minimum absolute atomic E-state index is 0.235. The molecule has 0 saturated heterocycles. The second-order valence-corrected chi connectivity index (χ2v) is 2.07. The van der Waals surface area contributed by atoms with E-state index in [2.05, 4.69) is 15.3 Å². The van der Waals surface area contributed by atoms with Crippen LogP contribution in [0.15, 0.2) is 17.8 Å². The molecule has 0 amide bonds. The molecule has 0 aliphatic rings. The summed E-state index contributed by atoms with van der Waals surface area (Å²) in [7, 11) is 0. The van der Waals surface area contributed by atoms with E-state index in [-0.39, 0.29) is 6.04 Å². The van der Waals surface area contributed by atoms with E-state index in [1.54, 1.807) is 17.9 Å². The van der Waals surface area contributed by atoms with E-state index in [4.69, 9.17) is 0 Å². The Balaban J connectivity index is 2.47. The van der Waals surface area contributed by atoms with E-state index in [1.165, 1.54) is 6.33 Å². The van der Waals surface area contributed by atoms with Crippen molar-refractivity contribution in [1.29, 1.82) is 0 Å². The van der Waals surface area contributed by atoms with Gasteiger partial charge in [0.15, 0.2) is 0 Å². The topological polar surface area (TPSA) is 60.1 Å². The van der Waals surface area contributed by atoms with Gasteiger partial charge in [-0.15, -0.1) is 0 Å². The van der Waals surface area contributed by atoms with Crippen molar-refractivity contribution in [3.8, 4) is 0 Å². The predicted molar refractivity (Wildman–Crippen MR) is 35.3 cm³/mol. The summed E-state index contributed by atoms with van der Waals surface area (Å²) in [5, 5.41) is 6.64. The van der Waals surface area contributed by atoms with Crippen LogP contribution in [0.5, 0.6) is 0 Å². The molecule has 5 heteroatoms. The predicted octanol–water partition coefficient (Wildman–Crippen LogP) is 0.433. The lowest BCUT2D eigenvalue weighted by atomic mass is 10.4. The molecule has 5 nitrogen and oxygen atoms in total. The standard InChI is InChI=1S/C5H8N4O/c1-5(8-10)2-9-4-6-3-7-9/h3-5H,2H2,1H3. The molecular formula is C5H8N4O. The molecule has 0 bridgehead atoms. The Kier molecular flexibility index (Phi) is 2.09. The van der Waals surface area contributed by atoms with Crippen molar-refractivity contribution in [2.24, 2.45) is 5.18 Å². The van der Waals surface area contributed by atoms with Crippen LogP contribution in [0, 0.1) is 4.91 Å². The third kappa shape index (κ3) is 1.61. The second kappa shape index (κ2) is 3.05. The molecule has 1 atom stereocenters. The van der Waals surface area contributed by atoms with Gasteiger partial charge in [-0.2, -0.15) is 10.0 Å². The van der Waals surface area contributed by atoms with Crippen molar-refractivity contribution in [1.82, 2.24) is 14.8 Å². The molecule has 1 unspecified atom stereocenters. The SMILES string of the molecule is CC(Cn1cncn1)N=O. The van der Waals surface area contributed by atoms with Crippen LogP contribution in [0.4, 0.5) is 0 Å². The van der Waals surface area contributed by atoms with Crippen LogP contribution < -0.4 is 0 Å².